The lowest BCUT2D eigenvalue weighted by Gasteiger charge is -2.38. The molecule has 4 aliphatic heterocycles. The van der Waals surface area contributed by atoms with Crippen LogP contribution in [0.25, 0.3) is 0 Å². The number of nitrogens with zero attached hydrogens (tertiary/aromatic N) is 8. The Bertz CT molecular complexity index is 2600. The van der Waals surface area contributed by atoms with Gasteiger partial charge in [0.25, 0.3) is 0 Å². The third-order valence-corrected chi connectivity index (χ3v) is 17.4. The summed E-state index contributed by atoms with van der Waals surface area (Å²) in [7, 11) is 3.40. The van der Waals surface area contributed by atoms with Gasteiger partial charge in [0, 0.05) is 12.1 Å². The average Bonchev–Trinajstić information content (AvgIpc) is 4.31. The van der Waals surface area contributed by atoms with Crippen molar-refractivity contribution in [1.29, 1.82) is 0 Å². The molecule has 6 N–H and O–H groups in total. The summed E-state index contributed by atoms with van der Waals surface area (Å²) in [6.45, 7) is 3.78. The van der Waals surface area contributed by atoms with Gasteiger partial charge in [0.05, 0.1) is 61.9 Å². The minimum Gasteiger partial charge on any atom is -0.369 e. The second kappa shape index (κ2) is 24.0. The van der Waals surface area contributed by atoms with Gasteiger partial charge in [-0.1, -0.05) is 59.0 Å². The number of rotatable bonds is 16. The third-order valence-electron chi connectivity index (χ3n) is 17.4. The van der Waals surface area contributed by atoms with Gasteiger partial charge in [0.1, 0.15) is 35.6 Å². The Balaban J connectivity index is 0.788. The molecule has 2 aromatic heterocycles. The molecule has 2 aromatic carbocycles. The van der Waals surface area contributed by atoms with Crippen LogP contribution in [-0.2, 0) is 59.6 Å². The molecular weight excluding hydrogens is 981 g/mol. The van der Waals surface area contributed by atoms with Gasteiger partial charge in [-0.2, -0.15) is 0 Å². The molecule has 12 atom stereocenters. The molecule has 0 unspecified atom stereocenters. The Kier molecular flexibility index (Phi) is 16.8. The summed E-state index contributed by atoms with van der Waals surface area (Å²) in [5.41, 5.74) is 5.96. The second-order valence-electron chi connectivity index (χ2n) is 22.2. The van der Waals surface area contributed by atoms with E-state index in [1.165, 1.54) is 11.1 Å². The second-order valence-corrected chi connectivity index (χ2v) is 22.2. The summed E-state index contributed by atoms with van der Waals surface area (Å²) >= 11 is 0. The van der Waals surface area contributed by atoms with Crippen LogP contribution in [-0.4, -0.2) is 138 Å². The highest BCUT2D eigenvalue weighted by molar-refractivity contribution is 5.95. The van der Waals surface area contributed by atoms with Gasteiger partial charge in [-0.3, -0.25) is 28.8 Å². The van der Waals surface area contributed by atoms with Crippen LogP contribution >= 0.6 is 0 Å². The van der Waals surface area contributed by atoms with Crippen molar-refractivity contribution >= 4 is 35.4 Å². The van der Waals surface area contributed by atoms with Gasteiger partial charge in [-0.25, -0.2) is 9.36 Å². The minimum atomic E-state index is -0.822. The molecule has 0 radical (unpaired) electrons. The molecule has 4 saturated heterocycles. The standard InChI is InChI=1S/C56H76N14O7/c1-33(57-3)51(71)61-47-23-19-39(27-41-21-25-49(69(41)55(47)75)53(73)59-45-17-9-13-35-11-5-7-15-43(35)45)67-29-37(63-65-67)31-77-32-38-30-68(66-64-38)40-20-24-48(62-52(72)34(2)58-4)56(76)70-42(28-40)22-26-50(70)54(74)60-46-18-10-14-36-12-6-8-16-44(36)46/h5-8,11-12,15-16,29-30,33-34,39-42,45-50,57-58H,9-10,13-14,17-28,31-32H2,1-4H3,(H,59,73)(H,60,74)(H,61,71)(H,62,72)/t33-,34-,39+,40+,41+,42+,45-,46+,47-,48-,49-,50-/m0/s1. The Morgan fingerprint density at radius 1 is 0.545 bits per heavy atom. The molecule has 10 rings (SSSR count). The van der Waals surface area contributed by atoms with Crippen LogP contribution in [0, 0.1) is 0 Å². The quantitative estimate of drug-likeness (QED) is 0.0944. The number of nitrogens with one attached hydrogen (secondary N) is 6. The number of fused-ring (bicyclic) bond motifs is 4. The van der Waals surface area contributed by atoms with E-state index in [1.54, 1.807) is 37.7 Å². The molecule has 0 saturated carbocycles. The number of likely N-dealkylation sites (N-methyl/N-ethyl adjacent to an activating group) is 2. The lowest BCUT2D eigenvalue weighted by Crippen LogP contribution is -2.58. The molecule has 21 heteroatoms. The molecule has 6 aliphatic rings. The smallest absolute Gasteiger partial charge is 0.246 e. The van der Waals surface area contributed by atoms with Crippen molar-refractivity contribution < 1.29 is 33.5 Å². The van der Waals surface area contributed by atoms with E-state index in [9.17, 15) is 28.8 Å². The van der Waals surface area contributed by atoms with Crippen LogP contribution in [0.5, 0.6) is 0 Å². The fraction of sp³-hybridized carbons (Fsp3) is 0.607. The first-order valence-corrected chi connectivity index (χ1v) is 28.1. The summed E-state index contributed by atoms with van der Waals surface area (Å²) in [6.07, 6.45) is 14.5. The van der Waals surface area contributed by atoms with Crippen molar-refractivity contribution in [1.82, 2.24) is 71.7 Å². The fourth-order valence-electron chi connectivity index (χ4n) is 12.9. The summed E-state index contributed by atoms with van der Waals surface area (Å²) < 4.78 is 9.82. The zero-order valence-electron chi connectivity index (χ0n) is 44.9. The highest BCUT2D eigenvalue weighted by Crippen LogP contribution is 2.39. The molecular formula is C56H76N14O7. The largest absolute Gasteiger partial charge is 0.369 e. The van der Waals surface area contributed by atoms with E-state index >= 15 is 0 Å². The van der Waals surface area contributed by atoms with E-state index in [0.29, 0.717) is 75.6 Å². The number of aryl methyl sites for hydroxylation is 2. The van der Waals surface area contributed by atoms with Gasteiger partial charge >= 0.3 is 0 Å². The zero-order valence-corrected chi connectivity index (χ0v) is 44.9. The normalized spacial score (nSPS) is 28.1. The molecule has 4 aromatic rings. The zero-order chi connectivity index (χ0) is 53.7. The number of ether oxygens (including phenoxy) is 1. The van der Waals surface area contributed by atoms with Crippen LogP contribution in [0.15, 0.2) is 60.9 Å². The molecule has 2 aliphatic carbocycles. The van der Waals surface area contributed by atoms with Gasteiger partial charge in [-0.15, -0.1) is 10.2 Å². The first kappa shape index (κ1) is 53.8. The highest BCUT2D eigenvalue weighted by Gasteiger charge is 2.48. The van der Waals surface area contributed by atoms with Crippen LogP contribution in [0.3, 0.4) is 0 Å². The maximum Gasteiger partial charge on any atom is 0.246 e. The molecule has 77 heavy (non-hydrogen) atoms. The van der Waals surface area contributed by atoms with Crippen LogP contribution in [0.1, 0.15) is 162 Å². The van der Waals surface area contributed by atoms with Crippen molar-refractivity contribution in [2.45, 2.75) is 202 Å². The molecule has 6 amide bonds. The summed E-state index contributed by atoms with van der Waals surface area (Å²) in [5.74, 6) is -1.37. The van der Waals surface area contributed by atoms with Crippen molar-refractivity contribution in [2.75, 3.05) is 14.1 Å². The molecule has 0 spiro atoms. The van der Waals surface area contributed by atoms with E-state index in [0.717, 1.165) is 49.7 Å². The van der Waals surface area contributed by atoms with E-state index in [2.05, 4.69) is 76.8 Å². The maximum atomic E-state index is 14.5. The minimum absolute atomic E-state index is 0.125. The number of aromatic nitrogens is 6. The fourth-order valence-corrected chi connectivity index (χ4v) is 12.9. The molecule has 21 nitrogen and oxygen atoms in total. The van der Waals surface area contributed by atoms with Crippen LogP contribution in [0.2, 0.25) is 0 Å². The van der Waals surface area contributed by atoms with E-state index < -0.39 is 36.3 Å². The summed E-state index contributed by atoms with van der Waals surface area (Å²) in [4.78, 5) is 87.4. The molecule has 4 fully saturated rings. The molecule has 6 heterocycles. The van der Waals surface area contributed by atoms with Gasteiger partial charge in [0.2, 0.25) is 35.4 Å². The molecule has 0 bridgehead atoms. The Labute approximate surface area is 450 Å². The van der Waals surface area contributed by atoms with Crippen molar-refractivity contribution in [3.05, 3.63) is 94.6 Å². The number of carbonyl (C=O) groups excluding carboxylic acids is 6. The van der Waals surface area contributed by atoms with Crippen LogP contribution < -0.4 is 31.9 Å². The molecule has 412 valence electrons. The van der Waals surface area contributed by atoms with E-state index in [-0.39, 0.29) is 84.9 Å². The Morgan fingerprint density at radius 2 is 0.961 bits per heavy atom. The van der Waals surface area contributed by atoms with Gasteiger partial charge in [-0.05, 0) is 153 Å². The number of hydrogen-bond donors (Lipinski definition) is 6. The lowest BCUT2D eigenvalue weighted by atomic mass is 9.87. The van der Waals surface area contributed by atoms with E-state index in [1.807, 2.05) is 46.0 Å². The van der Waals surface area contributed by atoms with Crippen molar-refractivity contribution in [2.24, 2.45) is 0 Å². The predicted molar refractivity (Wildman–Crippen MR) is 283 cm³/mol. The SMILES string of the molecule is CN[C@@H](C)C(=O)N[C@H]1CC[C@@H](n2cc(COCc3cn([C@@H]4CC[C@H](NC(=O)[C@H](C)NC)C(=O)N5[C@H](CC[C@H]5C(=O)N[C@@H]5CCCc6ccccc65)C4)nn3)nn2)C[C@H]2CC[C@@H](C(=O)N[C@H]3CCCc4ccccc43)N2C1=O. The Hall–Kier alpha value is -6.58. The third kappa shape index (κ3) is 11.8. The van der Waals surface area contributed by atoms with Gasteiger partial charge < -0.3 is 46.4 Å². The number of hydrogen-bond acceptors (Lipinski definition) is 13. The Morgan fingerprint density at radius 3 is 1.39 bits per heavy atom. The first-order chi connectivity index (χ1) is 37.4. The first-order valence-electron chi connectivity index (χ1n) is 28.1. The van der Waals surface area contributed by atoms with Crippen LogP contribution in [0.4, 0.5) is 0 Å². The monoisotopic (exact) mass is 1060 g/mol. The highest BCUT2D eigenvalue weighted by atomic mass is 16.5. The van der Waals surface area contributed by atoms with Gasteiger partial charge in [0.15, 0.2) is 0 Å². The van der Waals surface area contributed by atoms with E-state index in [4.69, 9.17) is 4.74 Å². The number of amides is 6. The summed E-state index contributed by atoms with van der Waals surface area (Å²) in [5, 5.41) is 36.6. The van der Waals surface area contributed by atoms with Crippen molar-refractivity contribution in [3.8, 4) is 0 Å². The average molecular weight is 1060 g/mol. The number of carbonyl (C=O) groups is 6. The topological polar surface area (TPSA) is 252 Å². The van der Waals surface area contributed by atoms with Crippen molar-refractivity contribution in [3.63, 3.8) is 0 Å². The predicted octanol–water partition coefficient (Wildman–Crippen LogP) is 3.33. The lowest BCUT2D eigenvalue weighted by molar-refractivity contribution is -0.145. The summed E-state index contributed by atoms with van der Waals surface area (Å²) in [6, 6.07) is 11.4. The number of benzene rings is 2. The maximum absolute atomic E-state index is 14.5.